The lowest BCUT2D eigenvalue weighted by atomic mass is 10.1. The topological polar surface area (TPSA) is 77.5 Å². The van der Waals surface area contributed by atoms with E-state index in [2.05, 4.69) is 41.4 Å². The van der Waals surface area contributed by atoms with Crippen LogP contribution in [0.15, 0.2) is 65.7 Å². The van der Waals surface area contributed by atoms with Crippen LogP contribution in [0.5, 0.6) is 0 Å². The van der Waals surface area contributed by atoms with Crippen molar-refractivity contribution in [2.45, 2.75) is 32.7 Å². The molecule has 0 amide bonds. The van der Waals surface area contributed by atoms with E-state index in [4.69, 9.17) is 16.1 Å². The molecule has 4 N–H and O–H groups in total. The molecular formula is C21H29N5. The highest BCUT2D eigenvalue weighted by Crippen LogP contribution is 2.07. The second kappa shape index (κ2) is 10.9. The van der Waals surface area contributed by atoms with Crippen molar-refractivity contribution in [2.24, 2.45) is 10.7 Å². The van der Waals surface area contributed by atoms with E-state index >= 15 is 0 Å². The molecule has 2 rings (SSSR count). The lowest BCUT2D eigenvalue weighted by Crippen LogP contribution is -2.46. The first-order valence-electron chi connectivity index (χ1n) is 9.17. The Morgan fingerprint density at radius 2 is 1.65 bits per heavy atom. The van der Waals surface area contributed by atoms with E-state index in [0.29, 0.717) is 12.5 Å². The van der Waals surface area contributed by atoms with Gasteiger partial charge in [0.05, 0.1) is 0 Å². The number of benzene rings is 2. The number of nitrogens with two attached hydrogens (primary N) is 1. The van der Waals surface area contributed by atoms with Crippen molar-refractivity contribution >= 4 is 11.9 Å². The Morgan fingerprint density at radius 1 is 1.04 bits per heavy atom. The molecule has 138 valence electrons. The van der Waals surface area contributed by atoms with Crippen LogP contribution < -0.4 is 11.1 Å². The van der Waals surface area contributed by atoms with Gasteiger partial charge in [-0.25, -0.2) is 0 Å². The molecule has 2 aromatic rings. The van der Waals surface area contributed by atoms with Gasteiger partial charge in [0, 0.05) is 19.6 Å². The summed E-state index contributed by atoms with van der Waals surface area (Å²) >= 11 is 0. The zero-order valence-corrected chi connectivity index (χ0v) is 15.5. The number of guanidine groups is 2. The van der Waals surface area contributed by atoms with Gasteiger partial charge in [-0.2, -0.15) is 0 Å². The summed E-state index contributed by atoms with van der Waals surface area (Å²) in [5, 5.41) is 10.6. The summed E-state index contributed by atoms with van der Waals surface area (Å²) in [6.45, 7) is 4.43. The minimum absolute atomic E-state index is 0.0852. The van der Waals surface area contributed by atoms with Gasteiger partial charge >= 0.3 is 0 Å². The lowest BCUT2D eigenvalue weighted by molar-refractivity contribution is 0.392. The van der Waals surface area contributed by atoms with Crippen LogP contribution in [0.25, 0.3) is 0 Å². The van der Waals surface area contributed by atoms with Crippen molar-refractivity contribution in [3.8, 4) is 0 Å². The first-order valence-corrected chi connectivity index (χ1v) is 9.17. The van der Waals surface area contributed by atoms with Crippen LogP contribution in [-0.2, 0) is 13.0 Å². The molecule has 0 spiro atoms. The van der Waals surface area contributed by atoms with Crippen LogP contribution in [0, 0.1) is 5.41 Å². The number of hydrogen-bond donors (Lipinski definition) is 3. The molecule has 5 heteroatoms. The summed E-state index contributed by atoms with van der Waals surface area (Å²) < 4.78 is 0. The average Bonchev–Trinajstić information content (AvgIpc) is 2.66. The first kappa shape index (κ1) is 19.5. The molecule has 0 fully saturated rings. The molecule has 2 aromatic carbocycles. The van der Waals surface area contributed by atoms with Crippen molar-refractivity contribution in [2.75, 3.05) is 13.1 Å². The fourth-order valence-corrected chi connectivity index (χ4v) is 2.69. The standard InChI is InChI=1S/C21H29N5/c1-2-3-16-26(17-19-12-8-5-9-13-19)21(25-20(22)23)24-15-14-18-10-6-4-7-11-18/h4-13H,2-3,14-17H2,1H3,(H4,22,23,24,25). The Morgan fingerprint density at radius 3 is 2.23 bits per heavy atom. The van der Waals surface area contributed by atoms with Crippen molar-refractivity contribution in [1.82, 2.24) is 10.2 Å². The summed E-state index contributed by atoms with van der Waals surface area (Å²) in [6.07, 6.45) is 3.02. The second-order valence-electron chi connectivity index (χ2n) is 6.24. The second-order valence-corrected chi connectivity index (χ2v) is 6.24. The molecule has 26 heavy (non-hydrogen) atoms. The molecule has 0 bridgehead atoms. The average molecular weight is 351 g/mol. The van der Waals surface area contributed by atoms with E-state index in [-0.39, 0.29) is 5.96 Å². The van der Waals surface area contributed by atoms with E-state index in [0.717, 1.165) is 32.4 Å². The van der Waals surface area contributed by atoms with E-state index in [9.17, 15) is 0 Å². The van der Waals surface area contributed by atoms with Gasteiger partial charge in [-0.15, -0.1) is 0 Å². The van der Waals surface area contributed by atoms with E-state index < -0.39 is 0 Å². The van der Waals surface area contributed by atoms with Gasteiger partial charge in [0.15, 0.2) is 5.96 Å². The molecule has 0 unspecified atom stereocenters. The molecule has 0 saturated heterocycles. The molecule has 0 heterocycles. The van der Waals surface area contributed by atoms with E-state index in [1.807, 2.05) is 36.4 Å². The third kappa shape index (κ3) is 6.97. The van der Waals surface area contributed by atoms with E-state index in [1.54, 1.807) is 0 Å². The summed E-state index contributed by atoms with van der Waals surface area (Å²) in [5.41, 5.74) is 8.06. The summed E-state index contributed by atoms with van der Waals surface area (Å²) in [5.74, 6) is 0.587. The lowest BCUT2D eigenvalue weighted by Gasteiger charge is -2.26. The number of rotatable bonds is 8. The zero-order valence-electron chi connectivity index (χ0n) is 15.5. The number of hydrogen-bond acceptors (Lipinski definition) is 2. The summed E-state index contributed by atoms with van der Waals surface area (Å²) in [6, 6.07) is 20.6. The molecule has 5 nitrogen and oxygen atoms in total. The Labute approximate surface area is 156 Å². The highest BCUT2D eigenvalue weighted by atomic mass is 15.3. The monoisotopic (exact) mass is 351 g/mol. The maximum Gasteiger partial charge on any atom is 0.201 e. The first-order chi connectivity index (χ1) is 12.7. The number of nitrogens with zero attached hydrogens (tertiary/aromatic N) is 2. The van der Waals surface area contributed by atoms with Crippen LogP contribution in [0.1, 0.15) is 30.9 Å². The fourth-order valence-electron chi connectivity index (χ4n) is 2.69. The normalized spacial score (nSPS) is 11.2. The van der Waals surface area contributed by atoms with Gasteiger partial charge in [-0.1, -0.05) is 74.0 Å². The molecule has 0 aliphatic carbocycles. The minimum atomic E-state index is -0.0852. The number of nitrogens with one attached hydrogen (secondary N) is 2. The van der Waals surface area contributed by atoms with Crippen LogP contribution in [-0.4, -0.2) is 29.9 Å². The van der Waals surface area contributed by atoms with Gasteiger partial charge in [0.25, 0.3) is 0 Å². The predicted molar refractivity (Wildman–Crippen MR) is 109 cm³/mol. The Kier molecular flexibility index (Phi) is 8.19. The highest BCUT2D eigenvalue weighted by molar-refractivity contribution is 5.96. The molecule has 0 radical (unpaired) electrons. The van der Waals surface area contributed by atoms with Crippen LogP contribution in [0.2, 0.25) is 0 Å². The molecular weight excluding hydrogens is 322 g/mol. The van der Waals surface area contributed by atoms with Gasteiger partial charge in [0.1, 0.15) is 0 Å². The zero-order chi connectivity index (χ0) is 18.6. The van der Waals surface area contributed by atoms with Gasteiger partial charge in [-0.3, -0.25) is 15.7 Å². The third-order valence-electron chi connectivity index (χ3n) is 4.05. The van der Waals surface area contributed by atoms with Crippen molar-refractivity contribution < 1.29 is 0 Å². The summed E-state index contributed by atoms with van der Waals surface area (Å²) in [4.78, 5) is 6.89. The van der Waals surface area contributed by atoms with Crippen molar-refractivity contribution in [1.29, 1.82) is 5.41 Å². The van der Waals surface area contributed by atoms with E-state index in [1.165, 1.54) is 11.1 Å². The maximum atomic E-state index is 7.63. The largest absolute Gasteiger partial charge is 0.370 e. The SMILES string of the molecule is CCCCN(Cc1ccccc1)C(=NCCc1ccccc1)NC(=N)N. The molecule has 0 aromatic heterocycles. The summed E-state index contributed by atoms with van der Waals surface area (Å²) in [7, 11) is 0. The van der Waals surface area contributed by atoms with Gasteiger partial charge in [-0.05, 0) is 24.0 Å². The van der Waals surface area contributed by atoms with Crippen LogP contribution in [0.3, 0.4) is 0 Å². The highest BCUT2D eigenvalue weighted by Gasteiger charge is 2.12. The van der Waals surface area contributed by atoms with Crippen LogP contribution in [0.4, 0.5) is 0 Å². The fraction of sp³-hybridized carbons (Fsp3) is 0.333. The Balaban J connectivity index is 2.12. The van der Waals surface area contributed by atoms with Gasteiger partial charge < -0.3 is 10.6 Å². The maximum absolute atomic E-state index is 7.63. The Bertz CT molecular complexity index is 682. The number of aliphatic imine (C=N–C) groups is 1. The molecule has 0 saturated carbocycles. The molecule has 0 atom stereocenters. The third-order valence-corrected chi connectivity index (χ3v) is 4.05. The van der Waals surface area contributed by atoms with Crippen LogP contribution >= 0.6 is 0 Å². The van der Waals surface area contributed by atoms with Crippen molar-refractivity contribution in [3.63, 3.8) is 0 Å². The van der Waals surface area contributed by atoms with Crippen molar-refractivity contribution in [3.05, 3.63) is 71.8 Å². The Hall–Kier alpha value is -2.82. The smallest absolute Gasteiger partial charge is 0.201 e. The predicted octanol–water partition coefficient (Wildman–Crippen LogP) is 3.37. The molecule has 0 aliphatic rings. The quantitative estimate of drug-likeness (QED) is 0.504. The van der Waals surface area contributed by atoms with Gasteiger partial charge in [0.2, 0.25) is 5.96 Å². The minimum Gasteiger partial charge on any atom is -0.370 e. The number of unbranched alkanes of at least 4 members (excludes halogenated alkanes) is 1. The molecule has 0 aliphatic heterocycles.